The second-order valence-electron chi connectivity index (χ2n) is 7.19. The number of nitrogens with zero attached hydrogens (tertiary/aromatic N) is 4. The number of likely N-dealkylation sites (N-methyl/N-ethyl adjacent to an activating group) is 1. The Morgan fingerprint density at radius 2 is 1.75 bits per heavy atom. The minimum absolute atomic E-state index is 0. The molecule has 2 heterocycles. The fourth-order valence-electron chi connectivity index (χ4n) is 3.22. The van der Waals surface area contributed by atoms with E-state index in [0.717, 1.165) is 49.7 Å². The lowest BCUT2D eigenvalue weighted by molar-refractivity contribution is -0.274. The van der Waals surface area contributed by atoms with Crippen LogP contribution in [0.1, 0.15) is 18.1 Å². The molecule has 0 amide bonds. The van der Waals surface area contributed by atoms with Crippen LogP contribution in [0, 0.1) is 0 Å². The van der Waals surface area contributed by atoms with Crippen molar-refractivity contribution >= 4 is 35.8 Å². The van der Waals surface area contributed by atoms with E-state index in [9.17, 15) is 13.2 Å². The molecule has 0 aliphatic carbocycles. The van der Waals surface area contributed by atoms with E-state index in [4.69, 9.17) is 5.73 Å². The summed E-state index contributed by atoms with van der Waals surface area (Å²) in [4.78, 5) is 13.5. The Kier molecular flexibility index (Phi) is 9.82. The van der Waals surface area contributed by atoms with E-state index in [1.165, 1.54) is 24.3 Å². The van der Waals surface area contributed by atoms with Gasteiger partial charge in [-0.05, 0) is 35.9 Å². The van der Waals surface area contributed by atoms with E-state index in [0.29, 0.717) is 13.1 Å². The molecule has 7 nitrogen and oxygen atoms in total. The van der Waals surface area contributed by atoms with Crippen molar-refractivity contribution in [1.29, 1.82) is 0 Å². The van der Waals surface area contributed by atoms with Crippen LogP contribution in [0.2, 0.25) is 0 Å². The number of ether oxygens (including phenoxy) is 1. The lowest BCUT2D eigenvalue weighted by Gasteiger charge is -2.34. The first-order valence-corrected chi connectivity index (χ1v) is 10.1. The Morgan fingerprint density at radius 3 is 2.31 bits per heavy atom. The van der Waals surface area contributed by atoms with Gasteiger partial charge < -0.3 is 25.6 Å². The van der Waals surface area contributed by atoms with Crippen molar-refractivity contribution < 1.29 is 17.9 Å². The summed E-state index contributed by atoms with van der Waals surface area (Å²) >= 11 is 0. The number of alkyl halides is 3. The quantitative estimate of drug-likeness (QED) is 0.305. The van der Waals surface area contributed by atoms with Crippen LogP contribution in [0.15, 0.2) is 47.6 Å². The van der Waals surface area contributed by atoms with Gasteiger partial charge >= 0.3 is 6.36 Å². The summed E-state index contributed by atoms with van der Waals surface area (Å²) in [6, 6.07) is 9.57. The van der Waals surface area contributed by atoms with E-state index in [1.54, 1.807) is 6.20 Å². The van der Waals surface area contributed by atoms with Crippen LogP contribution in [0.25, 0.3) is 0 Å². The van der Waals surface area contributed by atoms with Gasteiger partial charge in [-0.2, -0.15) is 0 Å². The summed E-state index contributed by atoms with van der Waals surface area (Å²) in [6.07, 6.45) is -2.90. The van der Waals surface area contributed by atoms with Crippen LogP contribution in [0.5, 0.6) is 5.75 Å². The standard InChI is InChI=1S/C21H27F3N6O.HI/c1-2-29-9-11-30(12-10-29)19-8-5-17(14-26-19)15-28-20(25)27-13-16-3-6-18(7-4-16)31-21(22,23)24;/h3-8,14H,2,9-13,15H2,1H3,(H3,25,27,28);1H. The largest absolute Gasteiger partial charge is 0.573 e. The molecule has 3 rings (SSSR count). The summed E-state index contributed by atoms with van der Waals surface area (Å²) in [5, 5.41) is 2.94. The van der Waals surface area contributed by atoms with Gasteiger partial charge in [-0.3, -0.25) is 0 Å². The monoisotopic (exact) mass is 564 g/mol. The van der Waals surface area contributed by atoms with Crippen LogP contribution in [-0.2, 0) is 13.1 Å². The minimum Gasteiger partial charge on any atom is -0.406 e. The number of hydrogen-bond donors (Lipinski definition) is 2. The topological polar surface area (TPSA) is 79.0 Å². The van der Waals surface area contributed by atoms with Gasteiger partial charge in [0.25, 0.3) is 0 Å². The number of benzene rings is 1. The SMILES string of the molecule is CCN1CCN(c2ccc(CN=C(N)NCc3ccc(OC(F)(F)F)cc3)cn2)CC1.I. The lowest BCUT2D eigenvalue weighted by Crippen LogP contribution is -2.46. The number of nitrogens with two attached hydrogens (primary N) is 1. The number of hydrogen-bond acceptors (Lipinski definition) is 5. The molecule has 1 saturated heterocycles. The molecule has 0 bridgehead atoms. The second-order valence-corrected chi connectivity index (χ2v) is 7.19. The maximum absolute atomic E-state index is 12.2. The summed E-state index contributed by atoms with van der Waals surface area (Å²) < 4.78 is 40.4. The predicted molar refractivity (Wildman–Crippen MR) is 129 cm³/mol. The van der Waals surface area contributed by atoms with E-state index in [-0.39, 0.29) is 35.7 Å². The molecule has 0 unspecified atom stereocenters. The molecule has 176 valence electrons. The number of rotatable bonds is 7. The van der Waals surface area contributed by atoms with Crippen molar-refractivity contribution in [3.05, 3.63) is 53.7 Å². The smallest absolute Gasteiger partial charge is 0.406 e. The van der Waals surface area contributed by atoms with Crippen molar-refractivity contribution in [2.24, 2.45) is 10.7 Å². The number of aliphatic imine (C=N–C) groups is 1. The summed E-state index contributed by atoms with van der Waals surface area (Å²) in [6.45, 7) is 8.00. The van der Waals surface area contributed by atoms with Gasteiger partial charge in [-0.1, -0.05) is 25.1 Å². The zero-order chi connectivity index (χ0) is 22.3. The fourth-order valence-corrected chi connectivity index (χ4v) is 3.22. The van der Waals surface area contributed by atoms with Crippen LogP contribution in [-0.4, -0.2) is 54.9 Å². The van der Waals surface area contributed by atoms with Crippen LogP contribution < -0.4 is 20.7 Å². The lowest BCUT2D eigenvalue weighted by atomic mass is 10.2. The number of halogens is 4. The number of anilines is 1. The number of piperazine rings is 1. The Hall–Kier alpha value is -2.28. The normalized spacial score (nSPS) is 15.2. The first kappa shape index (κ1) is 26.0. The molecule has 0 radical (unpaired) electrons. The average molecular weight is 564 g/mol. The number of guanidine groups is 1. The highest BCUT2D eigenvalue weighted by Gasteiger charge is 2.30. The number of pyridine rings is 1. The first-order chi connectivity index (χ1) is 14.8. The zero-order valence-corrected chi connectivity index (χ0v) is 20.1. The van der Waals surface area contributed by atoms with Gasteiger partial charge in [0.15, 0.2) is 5.96 Å². The Bertz CT molecular complexity index is 853. The Labute approximate surface area is 202 Å². The zero-order valence-electron chi connectivity index (χ0n) is 17.8. The van der Waals surface area contributed by atoms with Crippen molar-refractivity contribution in [2.75, 3.05) is 37.6 Å². The molecule has 1 aromatic carbocycles. The minimum atomic E-state index is -4.70. The molecule has 1 aliphatic heterocycles. The van der Waals surface area contributed by atoms with Gasteiger partial charge in [-0.15, -0.1) is 37.1 Å². The summed E-state index contributed by atoms with van der Waals surface area (Å²) in [5.41, 5.74) is 7.58. The predicted octanol–water partition coefficient (Wildman–Crippen LogP) is 3.34. The molecule has 0 atom stereocenters. The molecular weight excluding hydrogens is 536 g/mol. The third-order valence-electron chi connectivity index (χ3n) is 5.02. The van der Waals surface area contributed by atoms with Gasteiger partial charge in [-0.25, -0.2) is 9.98 Å². The van der Waals surface area contributed by atoms with Crippen LogP contribution in [0.3, 0.4) is 0 Å². The van der Waals surface area contributed by atoms with Crippen LogP contribution >= 0.6 is 24.0 Å². The molecule has 1 fully saturated rings. The summed E-state index contributed by atoms with van der Waals surface area (Å²) in [7, 11) is 0. The van der Waals surface area contributed by atoms with Crippen molar-refractivity contribution in [2.45, 2.75) is 26.4 Å². The molecule has 1 aromatic heterocycles. The van der Waals surface area contributed by atoms with Crippen molar-refractivity contribution in [1.82, 2.24) is 15.2 Å². The molecule has 2 aromatic rings. The first-order valence-electron chi connectivity index (χ1n) is 10.1. The van der Waals surface area contributed by atoms with E-state index >= 15 is 0 Å². The van der Waals surface area contributed by atoms with Gasteiger partial charge in [0.2, 0.25) is 0 Å². The number of nitrogens with one attached hydrogen (secondary N) is 1. The second kappa shape index (κ2) is 12.1. The third-order valence-corrected chi connectivity index (χ3v) is 5.02. The van der Waals surface area contributed by atoms with Crippen molar-refractivity contribution in [3.63, 3.8) is 0 Å². The highest BCUT2D eigenvalue weighted by Crippen LogP contribution is 2.22. The average Bonchev–Trinajstić information content (AvgIpc) is 2.76. The van der Waals surface area contributed by atoms with Gasteiger partial charge in [0.05, 0.1) is 6.54 Å². The molecule has 0 saturated carbocycles. The number of aromatic nitrogens is 1. The van der Waals surface area contributed by atoms with Crippen molar-refractivity contribution in [3.8, 4) is 5.75 Å². The van der Waals surface area contributed by atoms with E-state index in [2.05, 4.69) is 36.8 Å². The Morgan fingerprint density at radius 1 is 1.09 bits per heavy atom. The molecule has 0 spiro atoms. The molecule has 11 heteroatoms. The Balaban J connectivity index is 0.00000363. The molecule has 32 heavy (non-hydrogen) atoms. The van der Waals surface area contributed by atoms with E-state index < -0.39 is 6.36 Å². The maximum Gasteiger partial charge on any atom is 0.573 e. The highest BCUT2D eigenvalue weighted by molar-refractivity contribution is 14.0. The van der Waals surface area contributed by atoms with Gasteiger partial charge in [0, 0.05) is 38.9 Å². The van der Waals surface area contributed by atoms with Gasteiger partial charge in [0.1, 0.15) is 11.6 Å². The third kappa shape index (κ3) is 8.34. The van der Waals surface area contributed by atoms with E-state index in [1.807, 2.05) is 12.1 Å². The summed E-state index contributed by atoms with van der Waals surface area (Å²) in [5.74, 6) is 0.948. The maximum atomic E-state index is 12.2. The highest BCUT2D eigenvalue weighted by atomic mass is 127. The molecule has 1 aliphatic rings. The van der Waals surface area contributed by atoms with Crippen LogP contribution in [0.4, 0.5) is 19.0 Å². The molecule has 3 N–H and O–H groups in total. The fraction of sp³-hybridized carbons (Fsp3) is 0.429. The molecular formula is C21H28F3IN6O.